The number of hydroxylamine groups is 1. The van der Waals surface area contributed by atoms with E-state index in [0.29, 0.717) is 34.0 Å². The molecule has 3 aromatic rings. The highest BCUT2D eigenvalue weighted by molar-refractivity contribution is 6.30. The number of nitrogens with zero attached hydrogens (tertiary/aromatic N) is 1. The molecule has 1 saturated carbocycles. The van der Waals surface area contributed by atoms with Gasteiger partial charge in [0.15, 0.2) is 0 Å². The smallest absolute Gasteiger partial charge is 0.255 e. The van der Waals surface area contributed by atoms with Gasteiger partial charge in [0, 0.05) is 15.6 Å². The molecule has 8 heteroatoms. The Morgan fingerprint density at radius 2 is 1.59 bits per heavy atom. The maximum absolute atomic E-state index is 13.9. The average Bonchev–Trinajstić information content (AvgIpc) is 2.91. The molecule has 1 aliphatic heterocycles. The van der Waals surface area contributed by atoms with Gasteiger partial charge in [-0.25, -0.2) is 5.48 Å². The zero-order chi connectivity index (χ0) is 25.9. The second-order valence-electron chi connectivity index (χ2n) is 9.57. The van der Waals surface area contributed by atoms with Crippen LogP contribution in [-0.2, 0) is 16.2 Å². The molecule has 0 saturated heterocycles. The Morgan fingerprint density at radius 3 is 2.30 bits per heavy atom. The lowest BCUT2D eigenvalue weighted by atomic mass is 9.77. The minimum atomic E-state index is -0.755. The van der Waals surface area contributed by atoms with E-state index < -0.39 is 24.1 Å². The first-order valence-corrected chi connectivity index (χ1v) is 13.2. The first-order chi connectivity index (χ1) is 17.9. The van der Waals surface area contributed by atoms with Crippen molar-refractivity contribution in [2.45, 2.75) is 56.4 Å². The molecule has 37 heavy (non-hydrogen) atoms. The summed E-state index contributed by atoms with van der Waals surface area (Å²) in [4.78, 5) is 35.0. The molecule has 2 N–H and O–H groups in total. The Bertz CT molecular complexity index is 1270. The summed E-state index contributed by atoms with van der Waals surface area (Å²) in [7, 11) is 0. The first-order valence-electron chi connectivity index (χ1n) is 12.5. The number of aliphatic hydroxyl groups excluding tert-OH is 1. The predicted octanol–water partition coefficient (Wildman–Crippen LogP) is 5.83. The van der Waals surface area contributed by atoms with E-state index >= 15 is 0 Å². The van der Waals surface area contributed by atoms with Gasteiger partial charge in [-0.05, 0) is 59.9 Å². The van der Waals surface area contributed by atoms with Gasteiger partial charge < -0.3 is 10.0 Å². The van der Waals surface area contributed by atoms with Crippen LogP contribution in [0.15, 0.2) is 72.8 Å². The van der Waals surface area contributed by atoms with Crippen molar-refractivity contribution in [1.82, 2.24) is 10.4 Å². The molecule has 6 nitrogen and oxygen atoms in total. The van der Waals surface area contributed by atoms with E-state index in [1.807, 2.05) is 36.4 Å². The fraction of sp³-hybridized carbons (Fsp3) is 0.310. The molecule has 4 atom stereocenters. The summed E-state index contributed by atoms with van der Waals surface area (Å²) in [5, 5.41) is 12.1. The number of carbonyl (C=O) groups is 2. The predicted molar refractivity (Wildman–Crippen MR) is 142 cm³/mol. The third-order valence-electron chi connectivity index (χ3n) is 7.25. The third-order valence-corrected chi connectivity index (χ3v) is 7.75. The number of carbonyl (C=O) groups excluding carboxylic acids is 2. The van der Waals surface area contributed by atoms with Crippen molar-refractivity contribution in [2.75, 3.05) is 0 Å². The second-order valence-corrected chi connectivity index (χ2v) is 10.4. The van der Waals surface area contributed by atoms with Crippen LogP contribution in [0.5, 0.6) is 0 Å². The summed E-state index contributed by atoms with van der Waals surface area (Å²) in [6.07, 6.45) is 2.43. The van der Waals surface area contributed by atoms with Crippen molar-refractivity contribution in [3.05, 3.63) is 105 Å². The fourth-order valence-electron chi connectivity index (χ4n) is 5.46. The molecular formula is C29H28Cl2N2O4. The van der Waals surface area contributed by atoms with Crippen LogP contribution in [-0.4, -0.2) is 34.0 Å². The molecule has 5 rings (SSSR count). The highest BCUT2D eigenvalue weighted by atomic mass is 35.5. The van der Waals surface area contributed by atoms with Crippen LogP contribution in [0.25, 0.3) is 0 Å². The largest absolute Gasteiger partial charge is 0.391 e. The molecule has 1 fully saturated rings. The Morgan fingerprint density at radius 1 is 0.946 bits per heavy atom. The Kier molecular flexibility index (Phi) is 7.81. The molecule has 2 aliphatic rings. The Balaban J connectivity index is 1.52. The van der Waals surface area contributed by atoms with E-state index in [4.69, 9.17) is 28.0 Å². The van der Waals surface area contributed by atoms with Crippen molar-refractivity contribution < 1.29 is 19.5 Å². The molecule has 0 radical (unpaired) electrons. The number of fused-ring (bicyclic) bond motifs is 1. The van der Waals surface area contributed by atoms with Gasteiger partial charge in [-0.1, -0.05) is 78.5 Å². The van der Waals surface area contributed by atoms with E-state index in [1.165, 1.54) is 0 Å². The lowest BCUT2D eigenvalue weighted by Crippen LogP contribution is -2.55. The van der Waals surface area contributed by atoms with E-state index in [1.54, 1.807) is 41.3 Å². The average molecular weight is 539 g/mol. The summed E-state index contributed by atoms with van der Waals surface area (Å²) >= 11 is 12.1. The van der Waals surface area contributed by atoms with Crippen LogP contribution in [0.2, 0.25) is 10.0 Å². The standard InChI is InChI=1S/C29H28Cl2N2O4/c30-20-13-9-18(10-14-20)17-37-32-28(35)26-22-5-1-2-6-23(22)29(36)33(24-7-3-4-8-25(24)34)27(26)19-11-15-21(31)16-12-19/h1-2,5-6,9-16,24-27,34H,3-4,7-8,17H2,(H,32,35)/t24-,25-,26+,27-/m0/s1. The molecule has 192 valence electrons. The van der Waals surface area contributed by atoms with Gasteiger partial charge in [0.2, 0.25) is 0 Å². The number of hydrogen-bond donors (Lipinski definition) is 2. The Labute approximate surface area is 226 Å². The van der Waals surface area contributed by atoms with Crippen LogP contribution in [0.3, 0.4) is 0 Å². The number of halogens is 2. The van der Waals surface area contributed by atoms with Crippen LogP contribution in [0, 0.1) is 0 Å². The number of nitrogens with one attached hydrogen (secondary N) is 1. The van der Waals surface area contributed by atoms with Crippen LogP contribution in [0.1, 0.15) is 64.7 Å². The zero-order valence-electron chi connectivity index (χ0n) is 20.1. The minimum Gasteiger partial charge on any atom is -0.391 e. The maximum atomic E-state index is 13.9. The molecule has 0 bridgehead atoms. The van der Waals surface area contributed by atoms with Gasteiger partial charge in [-0.2, -0.15) is 0 Å². The van der Waals surface area contributed by atoms with E-state index in [-0.39, 0.29) is 18.4 Å². The third kappa shape index (κ3) is 5.39. The van der Waals surface area contributed by atoms with Gasteiger partial charge in [0.1, 0.15) is 0 Å². The lowest BCUT2D eigenvalue weighted by molar-refractivity contribution is -0.138. The summed E-state index contributed by atoms with van der Waals surface area (Å²) in [6, 6.07) is 20.5. The molecular weight excluding hydrogens is 511 g/mol. The SMILES string of the molecule is O=C(NOCc1ccc(Cl)cc1)[C@@H]1c2ccccc2C(=O)N([C@H]2CCCC[C@@H]2O)[C@H]1c1ccc(Cl)cc1. The molecule has 2 amide bonds. The van der Waals surface area contributed by atoms with Crippen molar-refractivity contribution >= 4 is 35.0 Å². The molecule has 1 heterocycles. The quantitative estimate of drug-likeness (QED) is 0.387. The van der Waals surface area contributed by atoms with Crippen molar-refractivity contribution in [1.29, 1.82) is 0 Å². The summed E-state index contributed by atoms with van der Waals surface area (Å²) < 4.78 is 0. The summed E-state index contributed by atoms with van der Waals surface area (Å²) in [6.45, 7) is 0.160. The summed E-state index contributed by atoms with van der Waals surface area (Å²) in [5.74, 6) is -1.31. The van der Waals surface area contributed by atoms with Crippen molar-refractivity contribution in [3.63, 3.8) is 0 Å². The number of rotatable bonds is 6. The Hall–Kier alpha value is -2.90. The topological polar surface area (TPSA) is 78.9 Å². The monoisotopic (exact) mass is 538 g/mol. The number of aliphatic hydroxyl groups is 1. The molecule has 0 aromatic heterocycles. The van der Waals surface area contributed by atoms with E-state index in [9.17, 15) is 14.7 Å². The van der Waals surface area contributed by atoms with Crippen molar-refractivity contribution in [3.8, 4) is 0 Å². The summed E-state index contributed by atoms with van der Waals surface area (Å²) in [5.41, 5.74) is 5.33. The molecule has 3 aromatic carbocycles. The van der Waals surface area contributed by atoms with Gasteiger partial charge in [0.25, 0.3) is 11.8 Å². The van der Waals surface area contributed by atoms with E-state index in [2.05, 4.69) is 5.48 Å². The van der Waals surface area contributed by atoms with Gasteiger partial charge in [-0.3, -0.25) is 14.4 Å². The molecule has 0 unspecified atom stereocenters. The highest BCUT2D eigenvalue weighted by Crippen LogP contribution is 2.46. The fourth-order valence-corrected chi connectivity index (χ4v) is 5.72. The van der Waals surface area contributed by atoms with Crippen molar-refractivity contribution in [2.24, 2.45) is 0 Å². The molecule has 1 aliphatic carbocycles. The van der Waals surface area contributed by atoms with Crippen LogP contribution >= 0.6 is 23.2 Å². The minimum absolute atomic E-state index is 0.160. The normalized spacial score (nSPS) is 23.4. The van der Waals surface area contributed by atoms with Gasteiger partial charge >= 0.3 is 0 Å². The van der Waals surface area contributed by atoms with Crippen LogP contribution in [0.4, 0.5) is 0 Å². The van der Waals surface area contributed by atoms with E-state index in [0.717, 1.165) is 24.0 Å². The number of amides is 2. The molecule has 0 spiro atoms. The lowest BCUT2D eigenvalue weighted by Gasteiger charge is -2.48. The zero-order valence-corrected chi connectivity index (χ0v) is 21.7. The van der Waals surface area contributed by atoms with Gasteiger partial charge in [-0.15, -0.1) is 0 Å². The van der Waals surface area contributed by atoms with Gasteiger partial charge in [0.05, 0.1) is 30.7 Å². The highest BCUT2D eigenvalue weighted by Gasteiger charge is 2.48. The number of hydrogen-bond acceptors (Lipinski definition) is 4. The van der Waals surface area contributed by atoms with Crippen LogP contribution < -0.4 is 5.48 Å². The first kappa shape index (κ1) is 25.7. The second kappa shape index (κ2) is 11.2. The maximum Gasteiger partial charge on any atom is 0.255 e. The number of benzene rings is 3.